The summed E-state index contributed by atoms with van der Waals surface area (Å²) in [6, 6.07) is 0. The Morgan fingerprint density at radius 2 is 1.57 bits per heavy atom. The Hall–Kier alpha value is -0.300. The number of allylic oxidation sites excluding steroid dienone is 1. The van der Waals surface area contributed by atoms with Crippen LogP contribution < -0.4 is 5.32 Å². The molecule has 0 aliphatic rings. The van der Waals surface area contributed by atoms with E-state index in [9.17, 15) is 0 Å². The van der Waals surface area contributed by atoms with Gasteiger partial charge in [-0.3, -0.25) is 0 Å². The van der Waals surface area contributed by atoms with Gasteiger partial charge in [0.05, 0.1) is 0 Å². The van der Waals surface area contributed by atoms with Gasteiger partial charge in [-0.05, 0) is 38.8 Å². The van der Waals surface area contributed by atoms with Crippen molar-refractivity contribution in [3.05, 3.63) is 12.7 Å². The second-order valence-corrected chi connectivity index (χ2v) is 3.95. The molecule has 0 aliphatic carbocycles. The van der Waals surface area contributed by atoms with Gasteiger partial charge in [0.1, 0.15) is 0 Å². The third-order valence-electron chi connectivity index (χ3n) is 2.44. The standard InChI is InChI=1S/C13H27N/c1-3-5-6-7-8-9-10-11-13-14-12-4-2/h3,14H,1,4-13H2,2H3. The Bertz CT molecular complexity index is 110. The van der Waals surface area contributed by atoms with E-state index in [1.807, 2.05) is 6.08 Å². The van der Waals surface area contributed by atoms with Crippen LogP contribution in [-0.2, 0) is 0 Å². The Labute approximate surface area is 90.0 Å². The molecule has 0 spiro atoms. The van der Waals surface area contributed by atoms with Crippen LogP contribution in [0.25, 0.3) is 0 Å². The molecular weight excluding hydrogens is 170 g/mol. The molecule has 1 heteroatoms. The lowest BCUT2D eigenvalue weighted by Crippen LogP contribution is -2.15. The number of rotatable bonds is 11. The van der Waals surface area contributed by atoms with E-state index in [1.54, 1.807) is 0 Å². The minimum atomic E-state index is 1.18. The van der Waals surface area contributed by atoms with Crippen molar-refractivity contribution in [2.24, 2.45) is 0 Å². The van der Waals surface area contributed by atoms with Crippen LogP contribution >= 0.6 is 0 Å². The van der Waals surface area contributed by atoms with E-state index in [1.165, 1.54) is 64.5 Å². The minimum Gasteiger partial charge on any atom is -0.317 e. The molecule has 0 aromatic rings. The summed E-state index contributed by atoms with van der Waals surface area (Å²) in [5.74, 6) is 0. The molecule has 0 saturated carbocycles. The Kier molecular flexibility index (Phi) is 12.4. The summed E-state index contributed by atoms with van der Waals surface area (Å²) in [6.07, 6.45) is 12.7. The topological polar surface area (TPSA) is 12.0 Å². The van der Waals surface area contributed by atoms with E-state index in [4.69, 9.17) is 0 Å². The van der Waals surface area contributed by atoms with Gasteiger partial charge in [0.25, 0.3) is 0 Å². The lowest BCUT2D eigenvalue weighted by Gasteiger charge is -2.02. The number of nitrogens with one attached hydrogen (secondary N) is 1. The maximum absolute atomic E-state index is 3.73. The highest BCUT2D eigenvalue weighted by atomic mass is 14.8. The van der Waals surface area contributed by atoms with Gasteiger partial charge in [0.15, 0.2) is 0 Å². The molecule has 0 fully saturated rings. The van der Waals surface area contributed by atoms with Crippen molar-refractivity contribution in [3.8, 4) is 0 Å². The van der Waals surface area contributed by atoms with E-state index in [-0.39, 0.29) is 0 Å². The monoisotopic (exact) mass is 197 g/mol. The molecule has 84 valence electrons. The van der Waals surface area contributed by atoms with Gasteiger partial charge in [-0.2, -0.15) is 0 Å². The van der Waals surface area contributed by atoms with Crippen LogP contribution in [0.4, 0.5) is 0 Å². The molecule has 0 unspecified atom stereocenters. The lowest BCUT2D eigenvalue weighted by molar-refractivity contribution is 0.565. The average molecular weight is 197 g/mol. The maximum Gasteiger partial charge on any atom is -0.00489 e. The van der Waals surface area contributed by atoms with Crippen molar-refractivity contribution in [1.82, 2.24) is 5.32 Å². The van der Waals surface area contributed by atoms with Gasteiger partial charge >= 0.3 is 0 Å². The molecule has 0 amide bonds. The lowest BCUT2D eigenvalue weighted by atomic mass is 10.1. The molecule has 1 nitrogen and oxygen atoms in total. The Morgan fingerprint density at radius 1 is 0.929 bits per heavy atom. The maximum atomic E-state index is 3.73. The molecule has 1 N–H and O–H groups in total. The highest BCUT2D eigenvalue weighted by Crippen LogP contribution is 2.06. The molecule has 0 saturated heterocycles. The van der Waals surface area contributed by atoms with Gasteiger partial charge in [-0.25, -0.2) is 0 Å². The van der Waals surface area contributed by atoms with E-state index in [0.717, 1.165) is 0 Å². The summed E-state index contributed by atoms with van der Waals surface area (Å²) in [4.78, 5) is 0. The van der Waals surface area contributed by atoms with Crippen LogP contribution in [0.2, 0.25) is 0 Å². The molecular formula is C13H27N. The van der Waals surface area contributed by atoms with Gasteiger partial charge in [-0.15, -0.1) is 6.58 Å². The Morgan fingerprint density at radius 3 is 2.21 bits per heavy atom. The predicted molar refractivity (Wildman–Crippen MR) is 65.7 cm³/mol. The summed E-state index contributed by atoms with van der Waals surface area (Å²) in [7, 11) is 0. The highest BCUT2D eigenvalue weighted by molar-refractivity contribution is 4.65. The fourth-order valence-electron chi connectivity index (χ4n) is 1.55. The van der Waals surface area contributed by atoms with Crippen molar-refractivity contribution in [1.29, 1.82) is 0 Å². The second-order valence-electron chi connectivity index (χ2n) is 3.95. The Balaban J connectivity index is 2.81. The highest BCUT2D eigenvalue weighted by Gasteiger charge is 1.90. The van der Waals surface area contributed by atoms with Crippen molar-refractivity contribution >= 4 is 0 Å². The zero-order valence-electron chi connectivity index (χ0n) is 9.86. The molecule has 0 radical (unpaired) electrons. The van der Waals surface area contributed by atoms with Crippen LogP contribution in [0.1, 0.15) is 58.3 Å². The third kappa shape index (κ3) is 11.7. The summed E-state index contributed by atoms with van der Waals surface area (Å²) >= 11 is 0. The first-order valence-corrected chi connectivity index (χ1v) is 6.23. The van der Waals surface area contributed by atoms with Crippen LogP contribution in [0.3, 0.4) is 0 Å². The fraction of sp³-hybridized carbons (Fsp3) is 0.846. The number of hydrogen-bond acceptors (Lipinski definition) is 1. The average Bonchev–Trinajstić information content (AvgIpc) is 2.21. The smallest absolute Gasteiger partial charge is 0.00489 e. The molecule has 0 rings (SSSR count). The molecule has 0 aromatic heterocycles. The van der Waals surface area contributed by atoms with Gasteiger partial charge in [0.2, 0.25) is 0 Å². The van der Waals surface area contributed by atoms with E-state index in [2.05, 4.69) is 18.8 Å². The largest absolute Gasteiger partial charge is 0.317 e. The first kappa shape index (κ1) is 13.7. The fourth-order valence-corrected chi connectivity index (χ4v) is 1.55. The number of hydrogen-bond donors (Lipinski definition) is 1. The van der Waals surface area contributed by atoms with Crippen molar-refractivity contribution in [2.45, 2.75) is 58.3 Å². The zero-order valence-corrected chi connectivity index (χ0v) is 9.86. The molecule has 0 aliphatic heterocycles. The van der Waals surface area contributed by atoms with Crippen molar-refractivity contribution in [3.63, 3.8) is 0 Å². The zero-order chi connectivity index (χ0) is 10.5. The molecule has 14 heavy (non-hydrogen) atoms. The second kappa shape index (κ2) is 12.7. The number of unbranched alkanes of at least 4 members (excludes halogenated alkanes) is 6. The summed E-state index contributed by atoms with van der Waals surface area (Å²) in [5, 5.41) is 3.43. The van der Waals surface area contributed by atoms with E-state index < -0.39 is 0 Å². The van der Waals surface area contributed by atoms with Gasteiger partial charge in [-0.1, -0.05) is 38.7 Å². The van der Waals surface area contributed by atoms with E-state index in [0.29, 0.717) is 0 Å². The van der Waals surface area contributed by atoms with Crippen LogP contribution in [0.15, 0.2) is 12.7 Å². The van der Waals surface area contributed by atoms with Crippen LogP contribution in [-0.4, -0.2) is 13.1 Å². The predicted octanol–water partition coefficient (Wildman–Crippen LogP) is 3.90. The van der Waals surface area contributed by atoms with E-state index >= 15 is 0 Å². The molecule has 0 heterocycles. The minimum absolute atomic E-state index is 1.18. The SMILES string of the molecule is C=CCCCCCCCCNCCC. The molecule has 0 atom stereocenters. The van der Waals surface area contributed by atoms with Crippen molar-refractivity contribution in [2.75, 3.05) is 13.1 Å². The van der Waals surface area contributed by atoms with Crippen LogP contribution in [0.5, 0.6) is 0 Å². The van der Waals surface area contributed by atoms with Gasteiger partial charge in [0, 0.05) is 0 Å². The first-order chi connectivity index (χ1) is 6.91. The quantitative estimate of drug-likeness (QED) is 0.391. The van der Waals surface area contributed by atoms with Crippen LogP contribution in [0, 0.1) is 0 Å². The first-order valence-electron chi connectivity index (χ1n) is 6.23. The van der Waals surface area contributed by atoms with Gasteiger partial charge < -0.3 is 5.32 Å². The third-order valence-corrected chi connectivity index (χ3v) is 2.44. The normalized spacial score (nSPS) is 10.4. The summed E-state index contributed by atoms with van der Waals surface area (Å²) < 4.78 is 0. The summed E-state index contributed by atoms with van der Waals surface area (Å²) in [6.45, 7) is 8.33. The molecule has 0 bridgehead atoms. The summed E-state index contributed by atoms with van der Waals surface area (Å²) in [5.41, 5.74) is 0. The van der Waals surface area contributed by atoms with Crippen molar-refractivity contribution < 1.29 is 0 Å². The molecule has 0 aromatic carbocycles.